The highest BCUT2D eigenvalue weighted by molar-refractivity contribution is 7.90. The molecule has 0 spiro atoms. The molecule has 0 saturated carbocycles. The maximum Gasteiger partial charge on any atom is 0.403 e. The first-order valence-corrected chi connectivity index (χ1v) is 7.63. The predicted molar refractivity (Wildman–Crippen MR) is 68.4 cm³/mol. The predicted octanol–water partition coefficient (Wildman–Crippen LogP) is 1.32. The average Bonchev–Trinajstić information content (AvgIpc) is 2.37. The Morgan fingerprint density at radius 2 is 1.73 bits per heavy atom. The Morgan fingerprint density at radius 3 is 2.23 bits per heavy atom. The van der Waals surface area contributed by atoms with E-state index in [1.807, 2.05) is 4.91 Å². The van der Waals surface area contributed by atoms with E-state index in [0.29, 0.717) is 12.1 Å². The molecule has 0 aliphatic carbocycles. The van der Waals surface area contributed by atoms with E-state index in [-0.39, 0.29) is 0 Å². The van der Waals surface area contributed by atoms with Crippen molar-refractivity contribution in [2.75, 3.05) is 0 Å². The summed E-state index contributed by atoms with van der Waals surface area (Å²) in [5.74, 6) is -2.52. The van der Waals surface area contributed by atoms with Crippen molar-refractivity contribution in [3.8, 4) is 5.75 Å². The number of sulfonamides is 1. The molecule has 1 N–H and O–H groups in total. The fourth-order valence-corrected chi connectivity index (χ4v) is 2.37. The third-order valence-corrected chi connectivity index (χ3v) is 3.76. The zero-order valence-electron chi connectivity index (χ0n) is 10.1. The Balaban J connectivity index is 3.49. The van der Waals surface area contributed by atoms with Crippen LogP contribution in [0.1, 0.15) is 10.4 Å². The summed E-state index contributed by atoms with van der Waals surface area (Å²) in [6.07, 6.45) is 0. The summed E-state index contributed by atoms with van der Waals surface area (Å²) in [6.45, 7) is 0. The summed E-state index contributed by atoms with van der Waals surface area (Å²) in [5.41, 5.74) is 15.3. The molecule has 1 aromatic rings. The fourth-order valence-electron chi connectivity index (χ4n) is 1.18. The zero-order valence-corrected chi connectivity index (χ0v) is 11.8. The fraction of sp³-hybridized carbons (Fsp3) is 0. The molecule has 1 rings (SSSR count). The van der Waals surface area contributed by atoms with Gasteiger partial charge in [0.1, 0.15) is 5.56 Å². The van der Waals surface area contributed by atoms with Crippen molar-refractivity contribution < 1.29 is 30.9 Å². The van der Waals surface area contributed by atoms with Crippen LogP contribution in [-0.4, -0.2) is 27.9 Å². The largest absolute Gasteiger partial charge is 0.478 e. The van der Waals surface area contributed by atoms with Crippen molar-refractivity contribution in [2.24, 2.45) is 9.04 Å². The van der Waals surface area contributed by atoms with E-state index in [9.17, 15) is 21.6 Å². The minimum atomic E-state index is -4.79. The molecule has 0 saturated heterocycles. The van der Waals surface area contributed by atoms with Crippen LogP contribution in [0, 0.1) is 0 Å². The smallest absolute Gasteiger partial charge is 0.403 e. The van der Waals surface area contributed by atoms with Gasteiger partial charge in [-0.1, -0.05) is 0 Å². The summed E-state index contributed by atoms with van der Waals surface area (Å²) in [5, 5.41) is 8.94. The third-order valence-electron chi connectivity index (χ3n) is 1.95. The first-order valence-electron chi connectivity index (χ1n) is 4.82. The van der Waals surface area contributed by atoms with Gasteiger partial charge in [-0.2, -0.15) is 8.42 Å². The van der Waals surface area contributed by atoms with Crippen LogP contribution < -0.4 is 4.18 Å². The van der Waals surface area contributed by atoms with Crippen molar-refractivity contribution in [3.05, 3.63) is 44.6 Å². The molecule has 0 atom stereocenters. The van der Waals surface area contributed by atoms with Gasteiger partial charge in [0.15, 0.2) is 5.75 Å². The number of nitrogens with zero attached hydrogens (tertiary/aromatic N) is 6. The van der Waals surface area contributed by atoms with Crippen molar-refractivity contribution >= 4 is 26.3 Å². The highest BCUT2D eigenvalue weighted by Crippen LogP contribution is 2.25. The third kappa shape index (κ3) is 4.00. The van der Waals surface area contributed by atoms with Crippen LogP contribution in [0.5, 0.6) is 5.75 Å². The van der Waals surface area contributed by atoms with Crippen LogP contribution in [0.2, 0.25) is 0 Å². The van der Waals surface area contributed by atoms with Crippen LogP contribution in [-0.2, 0) is 20.3 Å². The molecule has 0 radical (unpaired) electrons. The van der Waals surface area contributed by atoms with Gasteiger partial charge in [0.2, 0.25) is 0 Å². The number of benzene rings is 1. The molecular weight excluding hydrogens is 344 g/mol. The van der Waals surface area contributed by atoms with Crippen LogP contribution >= 0.6 is 0 Å². The average molecular weight is 348 g/mol. The van der Waals surface area contributed by atoms with E-state index in [0.717, 1.165) is 6.07 Å². The van der Waals surface area contributed by atoms with E-state index < -0.39 is 42.5 Å². The van der Waals surface area contributed by atoms with Crippen molar-refractivity contribution in [2.45, 2.75) is 4.90 Å². The Hall–Kier alpha value is -2.99. The van der Waals surface area contributed by atoms with Gasteiger partial charge in [0, 0.05) is 14.3 Å². The van der Waals surface area contributed by atoms with E-state index in [4.69, 9.17) is 16.2 Å². The molecule has 22 heavy (non-hydrogen) atoms. The topological polar surface area (TPSA) is 212 Å². The number of hydrogen-bond donors (Lipinski definition) is 1. The van der Waals surface area contributed by atoms with Crippen LogP contribution in [0.15, 0.2) is 32.1 Å². The lowest BCUT2D eigenvalue weighted by Gasteiger charge is -2.07. The minimum absolute atomic E-state index is 0.521. The Bertz CT molecular complexity index is 924. The number of carbonyl (C=O) groups is 1. The number of azide groups is 2. The number of rotatable bonds is 6. The highest BCUT2D eigenvalue weighted by Gasteiger charge is 2.22. The van der Waals surface area contributed by atoms with Crippen LogP contribution in [0.3, 0.4) is 0 Å². The molecule has 0 fully saturated rings. The van der Waals surface area contributed by atoms with Gasteiger partial charge in [-0.25, -0.2) is 13.2 Å². The lowest BCUT2D eigenvalue weighted by molar-refractivity contribution is 0.0695. The summed E-state index contributed by atoms with van der Waals surface area (Å²) < 4.78 is 54.2. The number of hydrogen-bond acceptors (Lipinski definition) is 6. The van der Waals surface area contributed by atoms with Gasteiger partial charge in [-0.15, -0.1) is 0 Å². The maximum atomic E-state index is 11.5. The van der Waals surface area contributed by atoms with E-state index in [1.54, 1.807) is 0 Å². The van der Waals surface area contributed by atoms with Crippen molar-refractivity contribution in [1.82, 2.24) is 0 Å². The summed E-state index contributed by atoms with van der Waals surface area (Å²) in [4.78, 5) is 14.4. The molecule has 0 unspecified atom stereocenters. The van der Waals surface area contributed by atoms with Crippen molar-refractivity contribution in [3.63, 3.8) is 0 Å². The van der Waals surface area contributed by atoms with E-state index >= 15 is 0 Å². The standard InChI is InChI=1S/C7H4N6O7S2/c8-10-12-21(16,17)4-1-2-6(5(3-4)7(14)15)20-22(18,19)13-11-9/h1-3H,(H,14,15). The van der Waals surface area contributed by atoms with E-state index in [2.05, 4.69) is 18.1 Å². The molecule has 0 aliphatic heterocycles. The van der Waals surface area contributed by atoms with Gasteiger partial charge in [-0.05, 0) is 29.3 Å². The SMILES string of the molecule is [N-]=[N+]=NS(=O)(=O)Oc1ccc(S(=O)(=O)N=[N+]=[N-])cc1C(=O)O. The molecular formula is C7H4N6O7S2. The molecule has 0 amide bonds. The highest BCUT2D eigenvalue weighted by atomic mass is 32.2. The van der Waals surface area contributed by atoms with Crippen LogP contribution in [0.25, 0.3) is 20.9 Å². The zero-order chi connectivity index (χ0) is 17.0. The Labute approximate surface area is 122 Å². The lowest BCUT2D eigenvalue weighted by atomic mass is 10.2. The molecule has 13 nitrogen and oxygen atoms in total. The van der Waals surface area contributed by atoms with Gasteiger partial charge in [0.05, 0.1) is 9.42 Å². The normalized spacial score (nSPS) is 10.9. The number of carboxylic acid groups (broad SMARTS) is 1. The lowest BCUT2D eigenvalue weighted by Crippen LogP contribution is -2.10. The minimum Gasteiger partial charge on any atom is -0.478 e. The molecule has 0 bridgehead atoms. The number of aromatic carboxylic acids is 1. The number of carboxylic acids is 1. The second-order valence-electron chi connectivity index (χ2n) is 3.29. The summed E-state index contributed by atoms with van der Waals surface area (Å²) in [7, 11) is -9.26. The molecule has 0 aromatic heterocycles. The second kappa shape index (κ2) is 6.19. The van der Waals surface area contributed by atoms with E-state index in [1.165, 1.54) is 0 Å². The first-order chi connectivity index (χ1) is 10.1. The first kappa shape index (κ1) is 17.1. The van der Waals surface area contributed by atoms with Crippen molar-refractivity contribution in [1.29, 1.82) is 0 Å². The summed E-state index contributed by atoms with van der Waals surface area (Å²) in [6, 6.07) is 1.96. The van der Waals surface area contributed by atoms with Gasteiger partial charge >= 0.3 is 16.3 Å². The maximum absolute atomic E-state index is 11.5. The van der Waals surface area contributed by atoms with Gasteiger partial charge in [-0.3, -0.25) is 0 Å². The molecule has 15 heteroatoms. The monoisotopic (exact) mass is 348 g/mol. The Morgan fingerprint density at radius 1 is 1.14 bits per heavy atom. The summed E-state index contributed by atoms with van der Waals surface area (Å²) >= 11 is 0. The molecule has 116 valence electrons. The molecule has 0 heterocycles. The van der Waals surface area contributed by atoms with Gasteiger partial charge in [0.25, 0.3) is 10.0 Å². The second-order valence-corrected chi connectivity index (χ2v) is 6.06. The molecule has 1 aromatic carbocycles. The quantitative estimate of drug-likeness (QED) is 0.451. The van der Waals surface area contributed by atoms with Crippen LogP contribution in [0.4, 0.5) is 0 Å². The van der Waals surface area contributed by atoms with Gasteiger partial charge < -0.3 is 9.29 Å². The Kier molecular flexibility index (Phi) is 4.80. The molecule has 0 aliphatic rings.